The average molecular weight is 414 g/mol. The van der Waals surface area contributed by atoms with Gasteiger partial charge in [0.1, 0.15) is 11.4 Å². The highest BCUT2D eigenvalue weighted by Gasteiger charge is 2.36. The summed E-state index contributed by atoms with van der Waals surface area (Å²) in [6.07, 6.45) is 1.70. The number of halogens is 2. The zero-order valence-corrected chi connectivity index (χ0v) is 15.6. The Morgan fingerprint density at radius 3 is 3.00 bits per heavy atom. The molecule has 1 amide bonds. The van der Waals surface area contributed by atoms with Crippen molar-refractivity contribution in [2.24, 2.45) is 0 Å². The third kappa shape index (κ3) is 3.09. The predicted octanol–water partition coefficient (Wildman–Crippen LogP) is 4.03. The summed E-state index contributed by atoms with van der Waals surface area (Å²) in [5.74, 6) is 0.0280. The van der Waals surface area contributed by atoms with Crippen LogP contribution in [0.2, 0.25) is 5.02 Å². The van der Waals surface area contributed by atoms with Crippen LogP contribution in [0.4, 0.5) is 10.1 Å². The van der Waals surface area contributed by atoms with Crippen LogP contribution in [0.5, 0.6) is 0 Å². The van der Waals surface area contributed by atoms with Crippen LogP contribution < -0.4 is 4.90 Å². The Morgan fingerprint density at radius 1 is 1.28 bits per heavy atom. The topological polar surface area (TPSA) is 101 Å². The van der Waals surface area contributed by atoms with Gasteiger partial charge in [0.2, 0.25) is 5.91 Å². The lowest BCUT2D eigenvalue weighted by atomic mass is 10.1. The van der Waals surface area contributed by atoms with Crippen molar-refractivity contribution in [3.05, 3.63) is 59.3 Å². The van der Waals surface area contributed by atoms with Gasteiger partial charge in [-0.05, 0) is 24.3 Å². The molecule has 1 aliphatic heterocycles. The van der Waals surface area contributed by atoms with Gasteiger partial charge in [0.05, 0.1) is 17.0 Å². The lowest BCUT2D eigenvalue weighted by Gasteiger charge is -2.17. The number of hydrogen-bond acceptors (Lipinski definition) is 6. The fraction of sp³-hybridized carbons (Fsp3) is 0.158. The average Bonchev–Trinajstić information content (AvgIpc) is 3.50. The van der Waals surface area contributed by atoms with E-state index in [4.69, 9.17) is 20.5 Å². The first-order valence-corrected chi connectivity index (χ1v) is 9.15. The van der Waals surface area contributed by atoms with Crippen LogP contribution in [0.1, 0.15) is 18.2 Å². The zero-order chi connectivity index (χ0) is 20.0. The van der Waals surface area contributed by atoms with Gasteiger partial charge in [0.25, 0.3) is 5.89 Å². The number of carbonyl (C=O) groups excluding carboxylic acids is 1. The Hall–Kier alpha value is -3.46. The quantitative estimate of drug-likeness (QED) is 0.542. The van der Waals surface area contributed by atoms with Gasteiger partial charge in [-0.3, -0.25) is 9.89 Å². The number of furan rings is 1. The molecule has 0 saturated carbocycles. The summed E-state index contributed by atoms with van der Waals surface area (Å²) in [7, 11) is 0. The maximum absolute atomic E-state index is 14.3. The van der Waals surface area contributed by atoms with Gasteiger partial charge in [-0.1, -0.05) is 22.8 Å². The van der Waals surface area contributed by atoms with E-state index in [1.54, 1.807) is 30.5 Å². The van der Waals surface area contributed by atoms with E-state index in [2.05, 4.69) is 20.3 Å². The Bertz CT molecular complexity index is 1190. The summed E-state index contributed by atoms with van der Waals surface area (Å²) in [5, 5.41) is 10.9. The van der Waals surface area contributed by atoms with E-state index in [1.165, 1.54) is 17.0 Å². The molecular weight excluding hydrogens is 401 g/mol. The first-order valence-electron chi connectivity index (χ1n) is 8.78. The third-order valence-corrected chi connectivity index (χ3v) is 5.03. The summed E-state index contributed by atoms with van der Waals surface area (Å²) >= 11 is 5.83. The maximum Gasteiger partial charge on any atom is 0.275 e. The number of benzene rings is 1. The van der Waals surface area contributed by atoms with Gasteiger partial charge in [-0.25, -0.2) is 4.39 Å². The molecule has 1 fully saturated rings. The minimum Gasteiger partial charge on any atom is -0.463 e. The van der Waals surface area contributed by atoms with E-state index in [1.807, 2.05) is 0 Å². The van der Waals surface area contributed by atoms with Crippen LogP contribution in [0, 0.1) is 5.82 Å². The summed E-state index contributed by atoms with van der Waals surface area (Å²) in [4.78, 5) is 18.2. The highest BCUT2D eigenvalue weighted by molar-refractivity contribution is 6.31. The van der Waals surface area contributed by atoms with Gasteiger partial charge in [-0.2, -0.15) is 10.1 Å². The zero-order valence-electron chi connectivity index (χ0n) is 14.8. The number of H-pyrrole nitrogens is 1. The monoisotopic (exact) mass is 413 g/mol. The number of nitrogens with zero attached hydrogens (tertiary/aromatic N) is 4. The summed E-state index contributed by atoms with van der Waals surface area (Å²) in [5.41, 5.74) is 1.27. The van der Waals surface area contributed by atoms with Crippen molar-refractivity contribution in [3.63, 3.8) is 0 Å². The van der Waals surface area contributed by atoms with Gasteiger partial charge < -0.3 is 13.8 Å². The molecule has 4 aromatic rings. The van der Waals surface area contributed by atoms with Crippen LogP contribution in [0.25, 0.3) is 23.0 Å². The van der Waals surface area contributed by atoms with Crippen LogP contribution >= 0.6 is 11.6 Å². The summed E-state index contributed by atoms with van der Waals surface area (Å²) in [6, 6.07) is 9.83. The molecule has 1 unspecified atom stereocenters. The minimum atomic E-state index is -0.625. The van der Waals surface area contributed by atoms with Crippen molar-refractivity contribution in [3.8, 4) is 23.0 Å². The Labute approximate surface area is 168 Å². The second-order valence-corrected chi connectivity index (χ2v) is 6.99. The fourth-order valence-corrected chi connectivity index (χ4v) is 3.48. The normalized spacial score (nSPS) is 16.7. The first-order chi connectivity index (χ1) is 14.1. The van der Waals surface area contributed by atoms with Crippen molar-refractivity contribution >= 4 is 23.2 Å². The number of anilines is 1. The maximum atomic E-state index is 14.3. The third-order valence-electron chi connectivity index (χ3n) is 4.74. The molecule has 1 saturated heterocycles. The van der Waals surface area contributed by atoms with Crippen LogP contribution in [0.15, 0.2) is 51.6 Å². The molecule has 1 N–H and O–H groups in total. The molecule has 146 valence electrons. The number of aromatic nitrogens is 4. The molecule has 8 nitrogen and oxygen atoms in total. The molecule has 3 aromatic heterocycles. The highest BCUT2D eigenvalue weighted by Crippen LogP contribution is 2.34. The molecule has 0 bridgehead atoms. The lowest BCUT2D eigenvalue weighted by Crippen LogP contribution is -2.25. The molecule has 0 spiro atoms. The fourth-order valence-electron chi connectivity index (χ4n) is 3.31. The molecule has 29 heavy (non-hydrogen) atoms. The van der Waals surface area contributed by atoms with E-state index in [-0.39, 0.29) is 41.4 Å². The van der Waals surface area contributed by atoms with Gasteiger partial charge >= 0.3 is 0 Å². The van der Waals surface area contributed by atoms with E-state index >= 15 is 0 Å². The van der Waals surface area contributed by atoms with Crippen molar-refractivity contribution < 1.29 is 18.1 Å². The Kier molecular flexibility index (Phi) is 4.17. The second kappa shape index (κ2) is 6.85. The van der Waals surface area contributed by atoms with Crippen molar-refractivity contribution in [2.75, 3.05) is 11.4 Å². The molecule has 0 aliphatic carbocycles. The Balaban J connectivity index is 1.37. The smallest absolute Gasteiger partial charge is 0.275 e. The molecule has 1 aliphatic rings. The van der Waals surface area contributed by atoms with E-state index in [9.17, 15) is 9.18 Å². The van der Waals surface area contributed by atoms with E-state index < -0.39 is 5.82 Å². The molecule has 1 atom stereocenters. The molecule has 1 aromatic carbocycles. The van der Waals surface area contributed by atoms with Crippen molar-refractivity contribution in [1.82, 2.24) is 20.3 Å². The molecule has 4 heterocycles. The lowest BCUT2D eigenvalue weighted by molar-refractivity contribution is -0.117. The largest absolute Gasteiger partial charge is 0.463 e. The molecule has 5 rings (SSSR count). The Morgan fingerprint density at radius 2 is 2.17 bits per heavy atom. The number of amides is 1. The second-order valence-electron chi connectivity index (χ2n) is 6.58. The SMILES string of the molecule is O=C1CC(c2noc(-c3cc(-c4ccco4)n[nH]3)n2)CN1c1cccc(Cl)c1F. The number of carbonyl (C=O) groups is 1. The number of nitrogens with one attached hydrogen (secondary N) is 1. The minimum absolute atomic E-state index is 0.0350. The standard InChI is InChI=1S/C19H13ClFN5O3/c20-11-3-1-4-14(17(11)21)26-9-10(7-16(26)27)18-22-19(29-25-18)13-8-12(23-24-13)15-5-2-6-28-15/h1-6,8,10H,7,9H2,(H,23,24). The van der Waals surface area contributed by atoms with Crippen LogP contribution in [0.3, 0.4) is 0 Å². The summed E-state index contributed by atoms with van der Waals surface area (Å²) in [6.45, 7) is 0.232. The number of rotatable bonds is 4. The van der Waals surface area contributed by atoms with Gasteiger partial charge in [-0.15, -0.1) is 0 Å². The van der Waals surface area contributed by atoms with Gasteiger partial charge in [0, 0.05) is 24.9 Å². The molecule has 0 radical (unpaired) electrons. The summed E-state index contributed by atoms with van der Waals surface area (Å²) < 4.78 is 24.9. The highest BCUT2D eigenvalue weighted by atomic mass is 35.5. The first kappa shape index (κ1) is 17.6. The van der Waals surface area contributed by atoms with Crippen molar-refractivity contribution in [2.45, 2.75) is 12.3 Å². The molecule has 10 heteroatoms. The van der Waals surface area contributed by atoms with Crippen LogP contribution in [-0.2, 0) is 4.79 Å². The number of aromatic amines is 1. The van der Waals surface area contributed by atoms with E-state index in [0.717, 1.165) is 0 Å². The predicted molar refractivity (Wildman–Crippen MR) is 101 cm³/mol. The van der Waals surface area contributed by atoms with E-state index in [0.29, 0.717) is 23.0 Å². The van der Waals surface area contributed by atoms with Gasteiger partial charge in [0.15, 0.2) is 17.4 Å². The van der Waals surface area contributed by atoms with Crippen molar-refractivity contribution in [1.29, 1.82) is 0 Å². The van der Waals surface area contributed by atoms with Crippen LogP contribution in [-0.4, -0.2) is 32.8 Å². The molecular formula is C19H13ClFN5O3. The number of hydrogen-bond donors (Lipinski definition) is 1.